The van der Waals surface area contributed by atoms with Gasteiger partial charge in [0, 0.05) is 42.6 Å². The predicted octanol–water partition coefficient (Wildman–Crippen LogP) is 1.04. The van der Waals surface area contributed by atoms with E-state index in [1.54, 1.807) is 0 Å². The summed E-state index contributed by atoms with van der Waals surface area (Å²) in [5.74, 6) is 0.538. The molecule has 0 radical (unpaired) electrons. The monoisotopic (exact) mass is 241 g/mol. The number of halogens is 1. The van der Waals surface area contributed by atoms with Gasteiger partial charge in [-0.05, 0) is 18.8 Å². The van der Waals surface area contributed by atoms with Gasteiger partial charge in [0.05, 0.1) is 0 Å². The van der Waals surface area contributed by atoms with Crippen molar-refractivity contribution in [3.63, 3.8) is 0 Å². The summed E-state index contributed by atoms with van der Waals surface area (Å²) < 4.78 is 2.25. The summed E-state index contributed by atoms with van der Waals surface area (Å²) in [6.07, 6.45) is 2.45. The number of piperidine rings is 1. The Bertz CT molecular complexity index is 89.1. The van der Waals surface area contributed by atoms with Crippen molar-refractivity contribution in [1.82, 2.24) is 3.11 Å². The van der Waals surface area contributed by atoms with Gasteiger partial charge in [0.25, 0.3) is 0 Å². The van der Waals surface area contributed by atoms with Crippen LogP contribution >= 0.6 is 22.9 Å². The zero-order chi connectivity index (χ0) is 6.69. The van der Waals surface area contributed by atoms with Crippen LogP contribution in [0.1, 0.15) is 12.8 Å². The van der Waals surface area contributed by atoms with Crippen LogP contribution in [-0.4, -0.2) is 27.9 Å². The Morgan fingerprint density at radius 1 is 1.67 bits per heavy atom. The molecule has 9 heavy (non-hydrogen) atoms. The van der Waals surface area contributed by atoms with Crippen LogP contribution in [0.4, 0.5) is 0 Å². The van der Waals surface area contributed by atoms with Gasteiger partial charge < -0.3 is 5.11 Å². The highest BCUT2D eigenvalue weighted by Crippen LogP contribution is 2.17. The number of rotatable bonds is 1. The molecule has 0 saturated carbocycles. The largest absolute Gasteiger partial charge is 0.396 e. The number of hydrogen-bond acceptors (Lipinski definition) is 2. The number of aliphatic hydroxyl groups is 1. The first kappa shape index (κ1) is 7.75. The average Bonchev–Trinajstić information content (AvgIpc) is 1.88. The molecule has 1 heterocycles. The number of aliphatic hydroxyl groups excluding tert-OH is 1. The van der Waals surface area contributed by atoms with Crippen molar-refractivity contribution in [3.8, 4) is 0 Å². The van der Waals surface area contributed by atoms with Gasteiger partial charge in [-0.15, -0.1) is 0 Å². The van der Waals surface area contributed by atoms with Gasteiger partial charge in [-0.3, -0.25) is 0 Å². The molecular weight excluding hydrogens is 229 g/mol. The first-order valence-corrected chi connectivity index (χ1v) is 4.31. The van der Waals surface area contributed by atoms with E-state index < -0.39 is 0 Å². The van der Waals surface area contributed by atoms with Gasteiger partial charge in [-0.1, -0.05) is 0 Å². The topological polar surface area (TPSA) is 23.5 Å². The van der Waals surface area contributed by atoms with Crippen molar-refractivity contribution in [2.45, 2.75) is 12.8 Å². The Balaban J connectivity index is 2.23. The molecule has 1 rings (SSSR count). The maximum Gasteiger partial charge on any atom is 0.0471 e. The number of nitrogens with zero attached hydrogens (tertiary/aromatic N) is 1. The van der Waals surface area contributed by atoms with Crippen molar-refractivity contribution >= 4 is 22.9 Å². The van der Waals surface area contributed by atoms with E-state index in [0.29, 0.717) is 12.5 Å². The van der Waals surface area contributed by atoms with Crippen molar-refractivity contribution in [1.29, 1.82) is 0 Å². The lowest BCUT2D eigenvalue weighted by molar-refractivity contribution is 0.177. The van der Waals surface area contributed by atoms with Crippen LogP contribution in [-0.2, 0) is 0 Å². The summed E-state index contributed by atoms with van der Waals surface area (Å²) in [6.45, 7) is 2.62. The molecule has 0 aromatic rings. The van der Waals surface area contributed by atoms with E-state index in [0.717, 1.165) is 6.54 Å². The van der Waals surface area contributed by atoms with Crippen molar-refractivity contribution in [3.05, 3.63) is 0 Å². The molecule has 54 valence electrons. The van der Waals surface area contributed by atoms with Crippen molar-refractivity contribution in [2.24, 2.45) is 5.92 Å². The molecule has 1 unspecified atom stereocenters. The molecule has 1 aliphatic rings. The minimum Gasteiger partial charge on any atom is -0.396 e. The maximum absolute atomic E-state index is 8.78. The van der Waals surface area contributed by atoms with Crippen molar-refractivity contribution in [2.75, 3.05) is 19.7 Å². The second-order valence-corrected chi connectivity index (χ2v) is 3.92. The van der Waals surface area contributed by atoms with Crippen molar-refractivity contribution < 1.29 is 5.11 Å². The van der Waals surface area contributed by atoms with E-state index in [2.05, 4.69) is 26.0 Å². The van der Waals surface area contributed by atoms with E-state index in [-0.39, 0.29) is 0 Å². The molecule has 1 fully saturated rings. The van der Waals surface area contributed by atoms with Gasteiger partial charge in [-0.2, -0.15) is 0 Å². The second-order valence-electron chi connectivity index (χ2n) is 2.56. The first-order chi connectivity index (χ1) is 4.33. The molecule has 0 spiro atoms. The molecule has 0 aromatic heterocycles. The summed E-state index contributed by atoms with van der Waals surface area (Å²) in [5.41, 5.74) is 0. The van der Waals surface area contributed by atoms with E-state index in [9.17, 15) is 0 Å². The summed E-state index contributed by atoms with van der Waals surface area (Å²) in [4.78, 5) is 0. The molecule has 1 aliphatic heterocycles. The quantitative estimate of drug-likeness (QED) is 0.547. The fraction of sp³-hybridized carbons (Fsp3) is 1.00. The van der Waals surface area contributed by atoms with Crippen LogP contribution in [0.5, 0.6) is 0 Å². The van der Waals surface area contributed by atoms with Crippen LogP contribution in [0, 0.1) is 5.92 Å². The van der Waals surface area contributed by atoms with Gasteiger partial charge >= 0.3 is 0 Å². The average molecular weight is 241 g/mol. The lowest BCUT2D eigenvalue weighted by atomic mass is 10.0. The number of hydrogen-bond donors (Lipinski definition) is 1. The Morgan fingerprint density at radius 3 is 2.89 bits per heavy atom. The maximum atomic E-state index is 8.78. The Labute approximate surface area is 69.7 Å². The predicted molar refractivity (Wildman–Crippen MR) is 45.4 cm³/mol. The third-order valence-electron chi connectivity index (χ3n) is 1.73. The molecule has 3 heteroatoms. The molecule has 1 atom stereocenters. The smallest absolute Gasteiger partial charge is 0.0471 e. The van der Waals surface area contributed by atoms with Gasteiger partial charge in [0.2, 0.25) is 0 Å². The molecule has 0 bridgehead atoms. The zero-order valence-electron chi connectivity index (χ0n) is 5.39. The van der Waals surface area contributed by atoms with Gasteiger partial charge in [0.15, 0.2) is 0 Å². The van der Waals surface area contributed by atoms with Gasteiger partial charge in [-0.25, -0.2) is 3.11 Å². The Kier molecular flexibility index (Phi) is 3.21. The zero-order valence-corrected chi connectivity index (χ0v) is 7.54. The SMILES string of the molecule is OCC1CCCN(I)C1. The van der Waals surface area contributed by atoms with Crippen LogP contribution in [0.25, 0.3) is 0 Å². The summed E-state index contributed by atoms with van der Waals surface area (Å²) in [6, 6.07) is 0. The Hall–Kier alpha value is 0.650. The Morgan fingerprint density at radius 2 is 2.44 bits per heavy atom. The summed E-state index contributed by atoms with van der Waals surface area (Å²) >= 11 is 2.32. The molecule has 1 saturated heterocycles. The minimum atomic E-state index is 0.361. The fourth-order valence-corrected chi connectivity index (χ4v) is 2.06. The molecule has 1 N–H and O–H groups in total. The standard InChI is InChI=1S/C6H12INO/c7-8-3-1-2-6(4-8)5-9/h6,9H,1-5H2. The first-order valence-electron chi connectivity index (χ1n) is 3.34. The third kappa shape index (κ3) is 2.39. The molecule has 0 aromatic carbocycles. The summed E-state index contributed by atoms with van der Waals surface area (Å²) in [7, 11) is 0. The minimum absolute atomic E-state index is 0.361. The highest BCUT2D eigenvalue weighted by Gasteiger charge is 2.16. The highest BCUT2D eigenvalue weighted by molar-refractivity contribution is 14.1. The van der Waals surface area contributed by atoms with Crippen LogP contribution < -0.4 is 0 Å². The van der Waals surface area contributed by atoms with Crippen LogP contribution in [0.3, 0.4) is 0 Å². The van der Waals surface area contributed by atoms with Gasteiger partial charge in [0.1, 0.15) is 0 Å². The molecule has 0 amide bonds. The molecule has 2 nitrogen and oxygen atoms in total. The highest BCUT2D eigenvalue weighted by atomic mass is 127. The fourth-order valence-electron chi connectivity index (χ4n) is 1.16. The van der Waals surface area contributed by atoms with E-state index >= 15 is 0 Å². The third-order valence-corrected chi connectivity index (χ3v) is 2.60. The van der Waals surface area contributed by atoms with E-state index in [1.165, 1.54) is 19.4 Å². The normalized spacial score (nSPS) is 30.7. The van der Waals surface area contributed by atoms with Crippen LogP contribution in [0.15, 0.2) is 0 Å². The summed E-state index contributed by atoms with van der Waals surface area (Å²) in [5, 5.41) is 8.78. The van der Waals surface area contributed by atoms with E-state index in [1.807, 2.05) is 0 Å². The van der Waals surface area contributed by atoms with E-state index in [4.69, 9.17) is 5.11 Å². The van der Waals surface area contributed by atoms with Crippen LogP contribution in [0.2, 0.25) is 0 Å². The molecular formula is C6H12INO. The lowest BCUT2D eigenvalue weighted by Gasteiger charge is -2.26. The molecule has 0 aliphatic carbocycles. The lowest BCUT2D eigenvalue weighted by Crippen LogP contribution is -2.29. The second kappa shape index (κ2) is 3.73.